The van der Waals surface area contributed by atoms with Crippen molar-refractivity contribution in [1.29, 1.82) is 0 Å². The number of fused-ring (bicyclic) bond motifs is 1. The lowest BCUT2D eigenvalue weighted by molar-refractivity contribution is -0.121. The maximum atomic E-state index is 12.9. The molecule has 27 heavy (non-hydrogen) atoms. The van der Waals surface area contributed by atoms with Crippen molar-refractivity contribution in [3.63, 3.8) is 0 Å². The molecule has 0 spiro atoms. The van der Waals surface area contributed by atoms with Crippen LogP contribution < -0.4 is 5.32 Å². The van der Waals surface area contributed by atoms with Crippen molar-refractivity contribution >= 4 is 23.4 Å². The normalized spacial score (nSPS) is 14.7. The number of rotatable bonds is 5. The highest BCUT2D eigenvalue weighted by Crippen LogP contribution is 2.28. The summed E-state index contributed by atoms with van der Waals surface area (Å²) in [5.41, 5.74) is 2.52. The van der Waals surface area contributed by atoms with Crippen LogP contribution >= 0.6 is 0 Å². The van der Waals surface area contributed by atoms with Crippen LogP contribution in [0.25, 0.3) is 0 Å². The molecule has 0 saturated heterocycles. The van der Waals surface area contributed by atoms with Gasteiger partial charge in [-0.15, -0.1) is 0 Å². The molecule has 2 aromatic rings. The van der Waals surface area contributed by atoms with Crippen LogP contribution in [0.5, 0.6) is 0 Å². The first-order valence-electron chi connectivity index (χ1n) is 9.19. The molecule has 1 aliphatic rings. The Hall–Kier alpha value is -2.95. The molecule has 1 N–H and O–H groups in total. The molecule has 5 nitrogen and oxygen atoms in total. The molecule has 1 aliphatic heterocycles. The van der Waals surface area contributed by atoms with E-state index in [-0.39, 0.29) is 11.8 Å². The molecule has 0 aliphatic carbocycles. The Labute approximate surface area is 159 Å². The Morgan fingerprint density at radius 3 is 1.81 bits per heavy atom. The number of amides is 3. The Morgan fingerprint density at radius 1 is 0.852 bits per heavy atom. The molecule has 5 heteroatoms. The van der Waals surface area contributed by atoms with Crippen molar-refractivity contribution in [1.82, 2.24) is 4.90 Å². The largest absolute Gasteiger partial charge is 0.324 e. The van der Waals surface area contributed by atoms with E-state index in [0.29, 0.717) is 22.7 Å². The topological polar surface area (TPSA) is 66.5 Å². The number of anilines is 1. The van der Waals surface area contributed by atoms with Crippen LogP contribution in [0.3, 0.4) is 0 Å². The third-order valence-electron chi connectivity index (χ3n) is 4.85. The van der Waals surface area contributed by atoms with Gasteiger partial charge in [0, 0.05) is 5.69 Å². The molecular formula is C22H24N2O3. The first-order chi connectivity index (χ1) is 12.8. The lowest BCUT2D eigenvalue weighted by Crippen LogP contribution is -2.50. The third-order valence-corrected chi connectivity index (χ3v) is 4.85. The van der Waals surface area contributed by atoms with Gasteiger partial charge in [-0.05, 0) is 41.7 Å². The van der Waals surface area contributed by atoms with Crippen LogP contribution in [0.15, 0.2) is 48.5 Å². The summed E-state index contributed by atoms with van der Waals surface area (Å²) in [5.74, 6) is -1.02. The number of imide groups is 1. The van der Waals surface area contributed by atoms with E-state index in [9.17, 15) is 14.4 Å². The highest BCUT2D eigenvalue weighted by Gasteiger charge is 2.43. The Morgan fingerprint density at radius 2 is 1.37 bits per heavy atom. The summed E-state index contributed by atoms with van der Waals surface area (Å²) >= 11 is 0. The fraction of sp³-hybridized carbons (Fsp3) is 0.318. The summed E-state index contributed by atoms with van der Waals surface area (Å²) < 4.78 is 0. The van der Waals surface area contributed by atoms with E-state index < -0.39 is 17.9 Å². The molecule has 1 atom stereocenters. The minimum absolute atomic E-state index is 0.220. The van der Waals surface area contributed by atoms with Crippen molar-refractivity contribution in [2.45, 2.75) is 39.7 Å². The van der Waals surface area contributed by atoms with E-state index in [1.54, 1.807) is 24.3 Å². The minimum atomic E-state index is -0.873. The van der Waals surface area contributed by atoms with Crippen molar-refractivity contribution in [2.75, 3.05) is 5.32 Å². The number of hydrogen-bond donors (Lipinski definition) is 1. The summed E-state index contributed by atoms with van der Waals surface area (Å²) in [6.07, 6.45) is 0. The second-order valence-electron chi connectivity index (χ2n) is 7.48. The highest BCUT2D eigenvalue weighted by atomic mass is 16.2. The minimum Gasteiger partial charge on any atom is -0.324 e. The Balaban J connectivity index is 1.85. The summed E-state index contributed by atoms with van der Waals surface area (Å²) in [5, 5.41) is 2.85. The summed E-state index contributed by atoms with van der Waals surface area (Å²) in [6, 6.07) is 13.4. The lowest BCUT2D eigenvalue weighted by Gasteiger charge is -2.28. The molecule has 3 amide bonds. The van der Waals surface area contributed by atoms with Gasteiger partial charge in [0.1, 0.15) is 6.04 Å². The summed E-state index contributed by atoms with van der Waals surface area (Å²) in [7, 11) is 0. The van der Waals surface area contributed by atoms with Gasteiger partial charge in [0.15, 0.2) is 0 Å². The number of benzene rings is 2. The zero-order valence-electron chi connectivity index (χ0n) is 16.0. The third kappa shape index (κ3) is 3.50. The van der Waals surface area contributed by atoms with Crippen molar-refractivity contribution in [3.8, 4) is 0 Å². The molecule has 2 aromatic carbocycles. The highest BCUT2D eigenvalue weighted by molar-refractivity contribution is 6.23. The molecule has 1 heterocycles. The molecule has 0 saturated carbocycles. The van der Waals surface area contributed by atoms with Gasteiger partial charge in [-0.3, -0.25) is 19.3 Å². The smallest absolute Gasteiger partial charge is 0.262 e. The van der Waals surface area contributed by atoms with Gasteiger partial charge in [-0.2, -0.15) is 0 Å². The standard InChI is InChI=1S/C22H24N2O3/c1-13(2)15-9-11-16(12-10-15)23-20(25)19(14(3)4)24-21(26)17-7-5-6-8-18(17)22(24)27/h5-14,19H,1-4H3,(H,23,25). The van der Waals surface area contributed by atoms with E-state index in [4.69, 9.17) is 0 Å². The zero-order valence-corrected chi connectivity index (χ0v) is 16.0. The SMILES string of the molecule is CC(C)c1ccc(NC(=O)C(C(C)C)N2C(=O)c3ccccc3C2=O)cc1. The van der Waals surface area contributed by atoms with Crippen molar-refractivity contribution in [2.24, 2.45) is 5.92 Å². The molecule has 0 bridgehead atoms. The monoisotopic (exact) mass is 364 g/mol. The second kappa shape index (κ2) is 7.35. The zero-order chi connectivity index (χ0) is 19.7. The number of nitrogens with zero attached hydrogens (tertiary/aromatic N) is 1. The number of carbonyl (C=O) groups is 3. The van der Waals surface area contributed by atoms with Gasteiger partial charge in [0.2, 0.25) is 5.91 Å². The van der Waals surface area contributed by atoms with Crippen LogP contribution in [0, 0.1) is 5.92 Å². The van der Waals surface area contributed by atoms with Gasteiger partial charge in [0.25, 0.3) is 11.8 Å². The Bertz CT molecular complexity index is 850. The Kier molecular flexibility index (Phi) is 5.13. The van der Waals surface area contributed by atoms with Gasteiger partial charge in [0.05, 0.1) is 11.1 Å². The lowest BCUT2D eigenvalue weighted by atomic mass is 10.0. The van der Waals surface area contributed by atoms with Crippen molar-refractivity contribution < 1.29 is 14.4 Å². The van der Waals surface area contributed by atoms with Gasteiger partial charge < -0.3 is 5.32 Å². The van der Waals surface area contributed by atoms with E-state index in [1.165, 1.54) is 5.56 Å². The molecule has 3 rings (SSSR count). The molecule has 0 radical (unpaired) electrons. The predicted octanol–water partition coefficient (Wildman–Crippen LogP) is 4.07. The predicted molar refractivity (Wildman–Crippen MR) is 105 cm³/mol. The summed E-state index contributed by atoms with van der Waals surface area (Å²) in [6.45, 7) is 7.86. The van der Waals surface area contributed by atoms with Gasteiger partial charge >= 0.3 is 0 Å². The fourth-order valence-corrected chi connectivity index (χ4v) is 3.35. The van der Waals surface area contributed by atoms with Crippen LogP contribution in [-0.4, -0.2) is 28.7 Å². The maximum absolute atomic E-state index is 12.9. The fourth-order valence-electron chi connectivity index (χ4n) is 3.35. The van der Waals surface area contributed by atoms with E-state index in [2.05, 4.69) is 19.2 Å². The average Bonchev–Trinajstić information content (AvgIpc) is 2.88. The second-order valence-corrected chi connectivity index (χ2v) is 7.48. The van der Waals surface area contributed by atoms with E-state index >= 15 is 0 Å². The quantitative estimate of drug-likeness (QED) is 0.813. The van der Waals surface area contributed by atoms with Gasteiger partial charge in [-0.25, -0.2) is 0 Å². The first-order valence-corrected chi connectivity index (χ1v) is 9.19. The summed E-state index contributed by atoms with van der Waals surface area (Å²) in [4.78, 5) is 39.5. The average molecular weight is 364 g/mol. The van der Waals surface area contributed by atoms with Crippen LogP contribution in [0.2, 0.25) is 0 Å². The van der Waals surface area contributed by atoms with Crippen molar-refractivity contribution in [3.05, 3.63) is 65.2 Å². The van der Waals surface area contributed by atoms with Crippen LogP contribution in [-0.2, 0) is 4.79 Å². The van der Waals surface area contributed by atoms with E-state index in [1.807, 2.05) is 38.1 Å². The molecule has 1 unspecified atom stereocenters. The van der Waals surface area contributed by atoms with Crippen LogP contribution in [0.1, 0.15) is 59.9 Å². The number of hydrogen-bond acceptors (Lipinski definition) is 3. The molecule has 140 valence electrons. The van der Waals surface area contributed by atoms with E-state index in [0.717, 1.165) is 4.90 Å². The number of carbonyl (C=O) groups excluding carboxylic acids is 3. The molecular weight excluding hydrogens is 340 g/mol. The maximum Gasteiger partial charge on any atom is 0.262 e. The molecule has 0 aromatic heterocycles. The number of nitrogens with one attached hydrogen (secondary N) is 1. The first kappa shape index (κ1) is 18.8. The van der Waals surface area contributed by atoms with Gasteiger partial charge in [-0.1, -0.05) is 52.0 Å². The molecule has 0 fully saturated rings. The van der Waals surface area contributed by atoms with Crippen LogP contribution in [0.4, 0.5) is 5.69 Å².